The van der Waals surface area contributed by atoms with E-state index in [1.807, 2.05) is 0 Å². The zero-order chi connectivity index (χ0) is 14.7. The Morgan fingerprint density at radius 3 is 2.45 bits per heavy atom. The maximum absolute atomic E-state index is 12.4. The molecule has 2 atom stereocenters. The van der Waals surface area contributed by atoms with Gasteiger partial charge in [-0.15, -0.1) is 0 Å². The van der Waals surface area contributed by atoms with E-state index in [9.17, 15) is 15.0 Å². The molecule has 3 nitrogen and oxygen atoms in total. The monoisotopic (exact) mass is 274 g/mol. The van der Waals surface area contributed by atoms with Crippen molar-refractivity contribution in [3.05, 3.63) is 23.3 Å². The number of fused-ring (bicyclic) bond motifs is 3. The lowest BCUT2D eigenvalue weighted by molar-refractivity contribution is 0.0367. The van der Waals surface area contributed by atoms with Gasteiger partial charge in [0.2, 0.25) is 0 Å². The Labute approximate surface area is 119 Å². The van der Waals surface area contributed by atoms with E-state index in [1.54, 1.807) is 6.07 Å². The van der Waals surface area contributed by atoms with Crippen molar-refractivity contribution in [3.63, 3.8) is 0 Å². The van der Waals surface area contributed by atoms with Crippen LogP contribution in [0.2, 0.25) is 0 Å². The Hall–Kier alpha value is -1.51. The maximum atomic E-state index is 12.4. The predicted molar refractivity (Wildman–Crippen MR) is 77.2 cm³/mol. The molecule has 0 heterocycles. The summed E-state index contributed by atoms with van der Waals surface area (Å²) in [5, 5.41) is 19.5. The number of hydrogen-bond donors (Lipinski definition) is 2. The lowest BCUT2D eigenvalue weighted by atomic mass is 9.50. The van der Waals surface area contributed by atoms with E-state index in [0.717, 1.165) is 24.8 Å². The highest BCUT2D eigenvalue weighted by Gasteiger charge is 2.52. The molecule has 0 saturated heterocycles. The summed E-state index contributed by atoms with van der Waals surface area (Å²) in [6.45, 7) is 6.70. The van der Waals surface area contributed by atoms with Crippen LogP contribution >= 0.6 is 0 Å². The van der Waals surface area contributed by atoms with Crippen LogP contribution < -0.4 is 0 Å². The van der Waals surface area contributed by atoms with E-state index in [0.29, 0.717) is 17.9 Å². The van der Waals surface area contributed by atoms with E-state index in [2.05, 4.69) is 20.8 Å². The Balaban J connectivity index is 2.22. The summed E-state index contributed by atoms with van der Waals surface area (Å²) in [6.07, 6.45) is 3.85. The van der Waals surface area contributed by atoms with E-state index >= 15 is 0 Å². The van der Waals surface area contributed by atoms with E-state index < -0.39 is 0 Å². The molecule has 108 valence electrons. The van der Waals surface area contributed by atoms with Gasteiger partial charge < -0.3 is 10.2 Å². The van der Waals surface area contributed by atoms with Crippen molar-refractivity contribution in [2.45, 2.75) is 51.9 Å². The molecule has 3 heteroatoms. The van der Waals surface area contributed by atoms with Crippen LogP contribution in [0, 0.1) is 11.3 Å². The summed E-state index contributed by atoms with van der Waals surface area (Å²) in [7, 11) is 0. The Kier molecular flexibility index (Phi) is 2.69. The third-order valence-corrected chi connectivity index (χ3v) is 5.65. The average molecular weight is 274 g/mol. The van der Waals surface area contributed by atoms with Crippen LogP contribution in [-0.2, 0) is 5.41 Å². The molecule has 2 N–H and O–H groups in total. The standard InChI is InChI=1S/C17H22O3/c1-16(2)5-4-6-17(3)11-8-14(20)13(19)7-10(11)12(18)9-15(16)17/h7-8,15,19-20H,4-6,9H2,1-3H3/t15-,17-/m1/s1. The summed E-state index contributed by atoms with van der Waals surface area (Å²) in [4.78, 5) is 12.4. The molecule has 1 fully saturated rings. The van der Waals surface area contributed by atoms with Crippen molar-refractivity contribution >= 4 is 5.78 Å². The Bertz CT molecular complexity index is 588. The van der Waals surface area contributed by atoms with Crippen LogP contribution in [0.1, 0.15) is 62.4 Å². The minimum Gasteiger partial charge on any atom is -0.504 e. The number of carbonyl (C=O) groups excluding carboxylic acids is 1. The molecule has 1 aromatic rings. The van der Waals surface area contributed by atoms with Crippen molar-refractivity contribution in [1.82, 2.24) is 0 Å². The molecule has 2 aliphatic carbocycles. The quantitative estimate of drug-likeness (QED) is 0.708. The first-order chi connectivity index (χ1) is 9.25. The largest absolute Gasteiger partial charge is 0.504 e. The second-order valence-corrected chi connectivity index (χ2v) is 7.33. The highest BCUT2D eigenvalue weighted by atomic mass is 16.3. The lowest BCUT2D eigenvalue weighted by Gasteiger charge is -2.53. The first-order valence-electron chi connectivity index (χ1n) is 7.35. The molecule has 3 rings (SSSR count). The number of Topliss-reactive ketones (excluding diaryl/α,β-unsaturated/α-hetero) is 1. The van der Waals surface area contributed by atoms with Crippen molar-refractivity contribution in [3.8, 4) is 11.5 Å². The van der Waals surface area contributed by atoms with Gasteiger partial charge in [-0.1, -0.05) is 27.2 Å². The van der Waals surface area contributed by atoms with Crippen molar-refractivity contribution in [1.29, 1.82) is 0 Å². The lowest BCUT2D eigenvalue weighted by Crippen LogP contribution is -2.49. The average Bonchev–Trinajstić information content (AvgIpc) is 2.35. The van der Waals surface area contributed by atoms with Crippen LogP contribution in [0.5, 0.6) is 11.5 Å². The van der Waals surface area contributed by atoms with Crippen LogP contribution in [0.15, 0.2) is 12.1 Å². The third kappa shape index (κ3) is 1.68. The second-order valence-electron chi connectivity index (χ2n) is 7.33. The summed E-state index contributed by atoms with van der Waals surface area (Å²) in [5.41, 5.74) is 1.56. The van der Waals surface area contributed by atoms with Crippen LogP contribution in [-0.4, -0.2) is 16.0 Å². The van der Waals surface area contributed by atoms with Gasteiger partial charge in [-0.3, -0.25) is 4.79 Å². The molecule has 0 spiro atoms. The Morgan fingerprint density at radius 2 is 1.75 bits per heavy atom. The normalized spacial score (nSPS) is 31.6. The number of rotatable bonds is 0. The summed E-state index contributed by atoms with van der Waals surface area (Å²) in [5.74, 6) is 0.0662. The molecule has 0 radical (unpaired) electrons. The van der Waals surface area contributed by atoms with Gasteiger partial charge in [0, 0.05) is 12.0 Å². The fourth-order valence-corrected chi connectivity index (χ4v) is 4.52. The van der Waals surface area contributed by atoms with Gasteiger partial charge in [0.05, 0.1) is 0 Å². The van der Waals surface area contributed by atoms with Crippen LogP contribution in [0.25, 0.3) is 0 Å². The van der Waals surface area contributed by atoms with Crippen molar-refractivity contribution in [2.24, 2.45) is 11.3 Å². The molecule has 0 amide bonds. The number of carbonyl (C=O) groups is 1. The minimum absolute atomic E-state index is 0.0871. The molecular weight excluding hydrogens is 252 g/mol. The molecular formula is C17H22O3. The molecule has 1 aromatic carbocycles. The number of phenolic OH excluding ortho intramolecular Hbond substituents is 2. The fourth-order valence-electron chi connectivity index (χ4n) is 4.52. The van der Waals surface area contributed by atoms with Crippen LogP contribution in [0.4, 0.5) is 0 Å². The number of aromatic hydroxyl groups is 2. The van der Waals surface area contributed by atoms with Gasteiger partial charge in [-0.05, 0) is 47.3 Å². The van der Waals surface area contributed by atoms with Gasteiger partial charge in [-0.2, -0.15) is 0 Å². The number of benzene rings is 1. The van der Waals surface area contributed by atoms with Gasteiger partial charge in [0.25, 0.3) is 0 Å². The molecule has 20 heavy (non-hydrogen) atoms. The first-order valence-corrected chi connectivity index (χ1v) is 7.35. The highest BCUT2D eigenvalue weighted by molar-refractivity contribution is 6.00. The zero-order valence-electron chi connectivity index (χ0n) is 12.4. The van der Waals surface area contributed by atoms with Crippen LogP contribution in [0.3, 0.4) is 0 Å². The number of ketones is 1. The summed E-state index contributed by atoms with van der Waals surface area (Å²) < 4.78 is 0. The molecule has 0 unspecified atom stereocenters. The topological polar surface area (TPSA) is 57.5 Å². The minimum atomic E-state index is -0.200. The molecule has 0 aromatic heterocycles. The molecule has 0 aliphatic heterocycles. The maximum Gasteiger partial charge on any atom is 0.163 e. The Morgan fingerprint density at radius 1 is 1.10 bits per heavy atom. The second kappa shape index (κ2) is 4.00. The highest BCUT2D eigenvalue weighted by Crippen LogP contribution is 2.57. The first kappa shape index (κ1) is 13.5. The summed E-state index contributed by atoms with van der Waals surface area (Å²) in [6, 6.07) is 3.05. The van der Waals surface area contributed by atoms with Crippen molar-refractivity contribution < 1.29 is 15.0 Å². The van der Waals surface area contributed by atoms with Gasteiger partial charge in [0.15, 0.2) is 17.3 Å². The number of phenols is 2. The zero-order valence-corrected chi connectivity index (χ0v) is 12.4. The SMILES string of the molecule is CC1(C)CCC[C@]2(C)c3cc(O)c(O)cc3C(=O)C[C@H]12. The predicted octanol–water partition coefficient (Wildman–Crippen LogP) is 3.77. The van der Waals surface area contributed by atoms with Gasteiger partial charge in [0.1, 0.15) is 0 Å². The molecule has 2 aliphatic rings. The number of hydrogen-bond acceptors (Lipinski definition) is 3. The van der Waals surface area contributed by atoms with E-state index in [4.69, 9.17) is 0 Å². The van der Waals surface area contributed by atoms with E-state index in [1.165, 1.54) is 6.07 Å². The van der Waals surface area contributed by atoms with Crippen molar-refractivity contribution in [2.75, 3.05) is 0 Å². The smallest absolute Gasteiger partial charge is 0.163 e. The summed E-state index contributed by atoms with van der Waals surface area (Å²) >= 11 is 0. The van der Waals surface area contributed by atoms with Gasteiger partial charge >= 0.3 is 0 Å². The molecule has 1 saturated carbocycles. The fraction of sp³-hybridized carbons (Fsp3) is 0.588. The van der Waals surface area contributed by atoms with Gasteiger partial charge in [-0.25, -0.2) is 0 Å². The molecule has 0 bridgehead atoms. The van der Waals surface area contributed by atoms with E-state index in [-0.39, 0.29) is 28.1 Å². The third-order valence-electron chi connectivity index (χ3n) is 5.65.